The first-order chi connectivity index (χ1) is 12.7. The molecule has 6 nitrogen and oxygen atoms in total. The summed E-state index contributed by atoms with van der Waals surface area (Å²) in [5, 5.41) is 24.1. The van der Waals surface area contributed by atoms with E-state index in [0.29, 0.717) is 11.8 Å². The average Bonchev–Trinajstić information content (AvgIpc) is 3.11. The number of phenols is 1. The minimum Gasteiger partial charge on any atom is -0.504 e. The Morgan fingerprint density at radius 3 is 2.81 bits per heavy atom. The van der Waals surface area contributed by atoms with Crippen LogP contribution in [0.25, 0.3) is 10.9 Å². The van der Waals surface area contributed by atoms with Gasteiger partial charge in [0.1, 0.15) is 0 Å². The van der Waals surface area contributed by atoms with E-state index in [2.05, 4.69) is 10.2 Å². The molecule has 0 bridgehead atoms. The molecule has 0 atom stereocenters. The topological polar surface area (TPSA) is 77.9 Å². The number of aliphatic hydroxyl groups excluding tert-OH is 1. The minimum atomic E-state index is 0.153. The Bertz CT molecular complexity index is 795. The summed E-state index contributed by atoms with van der Waals surface area (Å²) in [5.74, 6) is 0.617. The summed E-state index contributed by atoms with van der Waals surface area (Å²) >= 11 is 0. The lowest BCUT2D eigenvalue weighted by Gasteiger charge is -2.33. The maximum absolute atomic E-state index is 10.3. The first kappa shape index (κ1) is 17.4. The Morgan fingerprint density at radius 1 is 1.27 bits per heavy atom. The lowest BCUT2D eigenvalue weighted by molar-refractivity contribution is 0.168. The molecule has 1 aromatic carbocycles. The van der Waals surface area contributed by atoms with Gasteiger partial charge >= 0.3 is 0 Å². The summed E-state index contributed by atoms with van der Waals surface area (Å²) in [5.41, 5.74) is 4.49. The van der Waals surface area contributed by atoms with Crippen LogP contribution in [0, 0.1) is 0 Å². The van der Waals surface area contributed by atoms with Gasteiger partial charge in [0.15, 0.2) is 11.5 Å². The number of aromatic hydroxyl groups is 1. The molecule has 1 saturated heterocycles. The Balaban J connectivity index is 1.66. The number of pyridine rings is 1. The molecule has 1 aromatic heterocycles. The van der Waals surface area contributed by atoms with Crippen LogP contribution in [-0.2, 0) is 12.8 Å². The molecule has 2 aliphatic rings. The third kappa shape index (κ3) is 3.19. The van der Waals surface area contributed by atoms with Crippen LogP contribution < -0.4 is 10.1 Å². The van der Waals surface area contributed by atoms with Gasteiger partial charge in [0.25, 0.3) is 0 Å². The summed E-state index contributed by atoms with van der Waals surface area (Å²) in [7, 11) is 1.56. The summed E-state index contributed by atoms with van der Waals surface area (Å²) in [6.45, 7) is 2.99. The molecule has 140 valence electrons. The van der Waals surface area contributed by atoms with Crippen LogP contribution in [0.4, 0.5) is 5.69 Å². The fourth-order valence-corrected chi connectivity index (χ4v) is 4.25. The number of hydrogen-bond donors (Lipinski definition) is 3. The van der Waals surface area contributed by atoms with Crippen molar-refractivity contribution in [3.63, 3.8) is 0 Å². The Kier molecular flexibility index (Phi) is 4.87. The zero-order valence-electron chi connectivity index (χ0n) is 15.3. The molecule has 0 amide bonds. The number of ether oxygens (including phenoxy) is 1. The van der Waals surface area contributed by atoms with E-state index in [1.807, 2.05) is 6.07 Å². The number of phenolic OH excluding ortho intramolecular Hbond substituents is 1. The van der Waals surface area contributed by atoms with Gasteiger partial charge in [0.2, 0.25) is 0 Å². The van der Waals surface area contributed by atoms with Gasteiger partial charge in [0, 0.05) is 48.5 Å². The van der Waals surface area contributed by atoms with Crippen molar-refractivity contribution in [1.29, 1.82) is 0 Å². The maximum atomic E-state index is 10.3. The highest BCUT2D eigenvalue weighted by molar-refractivity contribution is 5.96. The van der Waals surface area contributed by atoms with Gasteiger partial charge in [-0.05, 0) is 43.7 Å². The smallest absolute Gasteiger partial charge is 0.162 e. The molecule has 6 heteroatoms. The van der Waals surface area contributed by atoms with Gasteiger partial charge in [-0.2, -0.15) is 0 Å². The number of anilines is 1. The van der Waals surface area contributed by atoms with E-state index in [0.717, 1.165) is 68.3 Å². The highest BCUT2D eigenvalue weighted by Gasteiger charge is 2.24. The molecule has 1 aliphatic heterocycles. The molecule has 2 aromatic rings. The van der Waals surface area contributed by atoms with Gasteiger partial charge in [-0.3, -0.25) is 4.98 Å². The number of hydrogen-bond acceptors (Lipinski definition) is 6. The van der Waals surface area contributed by atoms with Gasteiger partial charge < -0.3 is 25.2 Å². The van der Waals surface area contributed by atoms with E-state index in [4.69, 9.17) is 14.8 Å². The van der Waals surface area contributed by atoms with Crippen molar-refractivity contribution >= 4 is 16.6 Å². The van der Waals surface area contributed by atoms with Gasteiger partial charge in [-0.1, -0.05) is 0 Å². The van der Waals surface area contributed by atoms with Crippen molar-refractivity contribution in [2.24, 2.45) is 0 Å². The number of nitrogens with zero attached hydrogens (tertiary/aromatic N) is 2. The normalized spacial score (nSPS) is 18.2. The SMILES string of the molecule is COc1cc2nc3c(c(NC4CCN(CCO)CC4)c2cc1O)CCC3. The van der Waals surface area contributed by atoms with Gasteiger partial charge in [-0.25, -0.2) is 0 Å². The number of aryl methyl sites for hydroxylation is 1. The van der Waals surface area contributed by atoms with Crippen LogP contribution in [0.1, 0.15) is 30.5 Å². The number of nitrogens with one attached hydrogen (secondary N) is 1. The number of aliphatic hydroxyl groups is 1. The van der Waals surface area contributed by atoms with Crippen molar-refractivity contribution in [3.05, 3.63) is 23.4 Å². The lowest BCUT2D eigenvalue weighted by Crippen LogP contribution is -2.40. The Hall–Kier alpha value is -2.05. The largest absolute Gasteiger partial charge is 0.504 e. The lowest BCUT2D eigenvalue weighted by atomic mass is 10.0. The third-order valence-electron chi connectivity index (χ3n) is 5.66. The number of benzene rings is 1. The van der Waals surface area contributed by atoms with Crippen LogP contribution in [0.3, 0.4) is 0 Å². The Morgan fingerprint density at radius 2 is 2.08 bits per heavy atom. The van der Waals surface area contributed by atoms with Crippen LogP contribution in [0.2, 0.25) is 0 Å². The van der Waals surface area contributed by atoms with Crippen molar-refractivity contribution in [1.82, 2.24) is 9.88 Å². The van der Waals surface area contributed by atoms with Gasteiger partial charge in [0.05, 0.1) is 19.2 Å². The van der Waals surface area contributed by atoms with Crippen molar-refractivity contribution < 1.29 is 14.9 Å². The number of likely N-dealkylation sites (tertiary alicyclic amines) is 1. The van der Waals surface area contributed by atoms with E-state index in [9.17, 15) is 5.11 Å². The Labute approximate surface area is 153 Å². The second kappa shape index (κ2) is 7.29. The monoisotopic (exact) mass is 357 g/mol. The highest BCUT2D eigenvalue weighted by atomic mass is 16.5. The molecule has 1 aliphatic carbocycles. The van der Waals surface area contributed by atoms with Crippen molar-refractivity contribution in [2.75, 3.05) is 38.7 Å². The third-order valence-corrected chi connectivity index (χ3v) is 5.66. The number of aromatic nitrogens is 1. The quantitative estimate of drug-likeness (QED) is 0.762. The molecule has 4 rings (SSSR count). The summed E-state index contributed by atoms with van der Waals surface area (Å²) in [6.07, 6.45) is 5.29. The molecule has 0 saturated carbocycles. The van der Waals surface area contributed by atoms with Crippen LogP contribution >= 0.6 is 0 Å². The zero-order chi connectivity index (χ0) is 18.1. The van der Waals surface area contributed by atoms with E-state index in [1.54, 1.807) is 13.2 Å². The predicted molar refractivity (Wildman–Crippen MR) is 102 cm³/mol. The summed E-state index contributed by atoms with van der Waals surface area (Å²) in [6, 6.07) is 4.02. The zero-order valence-corrected chi connectivity index (χ0v) is 15.3. The molecule has 3 N–H and O–H groups in total. The maximum Gasteiger partial charge on any atom is 0.162 e. The molecular weight excluding hydrogens is 330 g/mol. The molecule has 0 spiro atoms. The second-order valence-electron chi connectivity index (χ2n) is 7.29. The molecule has 1 fully saturated rings. The van der Waals surface area contributed by atoms with Crippen molar-refractivity contribution in [2.45, 2.75) is 38.1 Å². The molecule has 0 unspecified atom stereocenters. The number of β-amino-alcohol motifs (C(OH)–C–C–N with tert-alkyl or cyclic N) is 1. The van der Waals surface area contributed by atoms with E-state index < -0.39 is 0 Å². The van der Waals surface area contributed by atoms with Crippen LogP contribution in [0.5, 0.6) is 11.5 Å². The molecule has 26 heavy (non-hydrogen) atoms. The van der Waals surface area contributed by atoms with Gasteiger partial charge in [-0.15, -0.1) is 0 Å². The highest BCUT2D eigenvalue weighted by Crippen LogP contribution is 2.39. The van der Waals surface area contributed by atoms with Crippen LogP contribution in [-0.4, -0.2) is 59.5 Å². The number of methoxy groups -OCH3 is 1. The standard InChI is InChI=1S/C20H27N3O3/c1-26-19-12-17-15(11-18(19)25)20(14-3-2-4-16(14)22-17)21-13-5-7-23(8-6-13)9-10-24/h11-13,24-25H,2-10H2,1H3,(H,21,22). The number of rotatable bonds is 5. The average molecular weight is 357 g/mol. The number of piperidine rings is 1. The number of fused-ring (bicyclic) bond motifs is 2. The predicted octanol–water partition coefficient (Wildman–Crippen LogP) is 2.31. The second-order valence-corrected chi connectivity index (χ2v) is 7.29. The van der Waals surface area contributed by atoms with Crippen molar-refractivity contribution in [3.8, 4) is 11.5 Å². The van der Waals surface area contributed by atoms with E-state index in [1.165, 1.54) is 11.3 Å². The van der Waals surface area contributed by atoms with Crippen LogP contribution in [0.15, 0.2) is 12.1 Å². The fraction of sp³-hybridized carbons (Fsp3) is 0.550. The first-order valence-electron chi connectivity index (χ1n) is 9.52. The summed E-state index contributed by atoms with van der Waals surface area (Å²) < 4.78 is 5.26. The first-order valence-corrected chi connectivity index (χ1v) is 9.52. The summed E-state index contributed by atoms with van der Waals surface area (Å²) in [4.78, 5) is 7.14. The molecular formula is C20H27N3O3. The fourth-order valence-electron chi connectivity index (χ4n) is 4.25. The van der Waals surface area contributed by atoms with E-state index in [-0.39, 0.29) is 12.4 Å². The molecule has 2 heterocycles. The van der Waals surface area contributed by atoms with E-state index >= 15 is 0 Å². The minimum absolute atomic E-state index is 0.153. The molecule has 0 radical (unpaired) electrons.